The Kier molecular flexibility index (Phi) is 5.39. The summed E-state index contributed by atoms with van der Waals surface area (Å²) < 4.78 is 38.6. The third kappa shape index (κ3) is 4.22. The van der Waals surface area contributed by atoms with Gasteiger partial charge in [0.2, 0.25) is 17.6 Å². The van der Waals surface area contributed by atoms with E-state index in [-0.39, 0.29) is 24.6 Å². The van der Waals surface area contributed by atoms with E-state index in [0.29, 0.717) is 39.8 Å². The Bertz CT molecular complexity index is 1390. The number of para-hydroxylation sites is 2. The number of aromatic nitrogens is 4. The molecule has 10 heteroatoms. The summed E-state index contributed by atoms with van der Waals surface area (Å²) in [5.41, 5.74) is 1.89. The molecule has 0 saturated carbocycles. The molecule has 0 saturated heterocycles. The third-order valence-corrected chi connectivity index (χ3v) is 4.99. The predicted molar refractivity (Wildman–Crippen MR) is 115 cm³/mol. The molecule has 0 spiro atoms. The highest BCUT2D eigenvalue weighted by molar-refractivity contribution is 5.91. The molecule has 3 aromatic heterocycles. The summed E-state index contributed by atoms with van der Waals surface area (Å²) in [6, 6.07) is 16.7. The van der Waals surface area contributed by atoms with E-state index in [2.05, 4.69) is 20.4 Å². The molecule has 2 aromatic carbocycles. The van der Waals surface area contributed by atoms with Crippen molar-refractivity contribution in [3.63, 3.8) is 0 Å². The van der Waals surface area contributed by atoms with Gasteiger partial charge in [-0.05, 0) is 48.5 Å². The Hall–Kier alpha value is -4.34. The number of rotatable bonds is 7. The summed E-state index contributed by atoms with van der Waals surface area (Å²) in [5, 5.41) is 6.59. The standard InChI is InChI=1S/C23H17F2N5O3/c24-23(25)30-17-5-2-1-4-16(17)27-22(30)14-7-9-15(10-8-14)26-19(31)11-12-20-28-21(29-33-20)18-6-3-13-32-18/h1-10,13,23H,11-12H2,(H,26,31). The zero-order valence-corrected chi connectivity index (χ0v) is 17.1. The van der Waals surface area contributed by atoms with Crippen molar-refractivity contribution < 1.29 is 22.5 Å². The maximum atomic E-state index is 13.7. The van der Waals surface area contributed by atoms with Crippen molar-refractivity contribution in [3.8, 4) is 23.0 Å². The van der Waals surface area contributed by atoms with Gasteiger partial charge in [-0.3, -0.25) is 9.36 Å². The minimum atomic E-state index is -2.73. The van der Waals surface area contributed by atoms with Crippen LogP contribution in [0.4, 0.5) is 14.5 Å². The maximum absolute atomic E-state index is 13.7. The van der Waals surface area contributed by atoms with E-state index in [4.69, 9.17) is 8.94 Å². The van der Waals surface area contributed by atoms with Gasteiger partial charge in [-0.2, -0.15) is 13.8 Å². The minimum absolute atomic E-state index is 0.128. The quantitative estimate of drug-likeness (QED) is 0.361. The molecule has 3 heterocycles. The summed E-state index contributed by atoms with van der Waals surface area (Å²) in [6.07, 6.45) is 1.89. The number of furan rings is 1. The molecule has 1 N–H and O–H groups in total. The zero-order valence-electron chi connectivity index (χ0n) is 17.1. The summed E-state index contributed by atoms with van der Waals surface area (Å²) in [5.74, 6) is 1.03. The van der Waals surface area contributed by atoms with Crippen molar-refractivity contribution in [1.82, 2.24) is 19.7 Å². The van der Waals surface area contributed by atoms with Gasteiger partial charge in [0, 0.05) is 24.1 Å². The zero-order chi connectivity index (χ0) is 22.8. The predicted octanol–water partition coefficient (Wildman–Crippen LogP) is 5.31. The summed E-state index contributed by atoms with van der Waals surface area (Å²) in [6.45, 7) is -2.73. The number of nitrogens with one attached hydrogen (secondary N) is 1. The van der Waals surface area contributed by atoms with Gasteiger partial charge >= 0.3 is 6.55 Å². The first-order valence-corrected chi connectivity index (χ1v) is 10.1. The Labute approximate surface area is 185 Å². The van der Waals surface area contributed by atoms with E-state index < -0.39 is 6.55 Å². The first kappa shape index (κ1) is 20.6. The lowest BCUT2D eigenvalue weighted by molar-refractivity contribution is -0.116. The van der Waals surface area contributed by atoms with Crippen molar-refractivity contribution in [2.45, 2.75) is 19.4 Å². The van der Waals surface area contributed by atoms with Crippen LogP contribution in [0.25, 0.3) is 34.0 Å². The van der Waals surface area contributed by atoms with Gasteiger partial charge in [0.25, 0.3) is 0 Å². The number of fused-ring (bicyclic) bond motifs is 1. The van der Waals surface area contributed by atoms with Crippen LogP contribution in [-0.2, 0) is 11.2 Å². The van der Waals surface area contributed by atoms with Crippen molar-refractivity contribution in [2.24, 2.45) is 0 Å². The van der Waals surface area contributed by atoms with Crippen LogP contribution in [0.15, 0.2) is 75.9 Å². The fraction of sp³-hybridized carbons (Fsp3) is 0.130. The highest BCUT2D eigenvalue weighted by atomic mass is 19.3. The van der Waals surface area contributed by atoms with E-state index in [1.165, 1.54) is 6.26 Å². The van der Waals surface area contributed by atoms with Gasteiger partial charge in [-0.1, -0.05) is 17.3 Å². The summed E-state index contributed by atoms with van der Waals surface area (Å²) >= 11 is 0. The van der Waals surface area contributed by atoms with E-state index in [0.717, 1.165) is 4.57 Å². The third-order valence-electron chi connectivity index (χ3n) is 4.99. The Morgan fingerprint density at radius 1 is 1.03 bits per heavy atom. The molecule has 0 aliphatic rings. The van der Waals surface area contributed by atoms with Gasteiger partial charge < -0.3 is 14.3 Å². The summed E-state index contributed by atoms with van der Waals surface area (Å²) in [4.78, 5) is 20.8. The van der Waals surface area contributed by atoms with Gasteiger partial charge in [0.15, 0.2) is 5.76 Å². The molecule has 0 radical (unpaired) electrons. The molecular weight excluding hydrogens is 432 g/mol. The van der Waals surface area contributed by atoms with Crippen molar-refractivity contribution in [1.29, 1.82) is 0 Å². The van der Waals surface area contributed by atoms with Gasteiger partial charge in [-0.15, -0.1) is 0 Å². The van der Waals surface area contributed by atoms with Crippen molar-refractivity contribution in [2.75, 3.05) is 5.32 Å². The Balaban J connectivity index is 1.25. The highest BCUT2D eigenvalue weighted by Gasteiger charge is 2.19. The number of carbonyl (C=O) groups is 1. The lowest BCUT2D eigenvalue weighted by Gasteiger charge is -2.09. The number of aryl methyl sites for hydroxylation is 1. The van der Waals surface area contributed by atoms with Gasteiger partial charge in [0.1, 0.15) is 5.82 Å². The van der Waals surface area contributed by atoms with E-state index in [1.54, 1.807) is 60.7 Å². The smallest absolute Gasteiger partial charge is 0.320 e. The minimum Gasteiger partial charge on any atom is -0.461 e. The van der Waals surface area contributed by atoms with E-state index >= 15 is 0 Å². The van der Waals surface area contributed by atoms with Crippen LogP contribution in [0, 0.1) is 0 Å². The van der Waals surface area contributed by atoms with Gasteiger partial charge in [0.05, 0.1) is 17.3 Å². The number of hydrogen-bond donors (Lipinski definition) is 1. The molecule has 166 valence electrons. The average molecular weight is 449 g/mol. The van der Waals surface area contributed by atoms with Crippen LogP contribution in [0.1, 0.15) is 18.9 Å². The van der Waals surface area contributed by atoms with E-state index in [1.807, 2.05) is 0 Å². The molecule has 0 bridgehead atoms. The largest absolute Gasteiger partial charge is 0.461 e. The molecule has 0 atom stereocenters. The Morgan fingerprint density at radius 3 is 2.61 bits per heavy atom. The van der Waals surface area contributed by atoms with Crippen LogP contribution in [0.5, 0.6) is 0 Å². The Morgan fingerprint density at radius 2 is 1.85 bits per heavy atom. The second kappa shape index (κ2) is 8.65. The normalized spacial score (nSPS) is 11.4. The van der Waals surface area contributed by atoms with Crippen molar-refractivity contribution >= 4 is 22.6 Å². The second-order valence-corrected chi connectivity index (χ2v) is 7.19. The van der Waals surface area contributed by atoms with Crippen LogP contribution >= 0.6 is 0 Å². The van der Waals surface area contributed by atoms with Crippen LogP contribution in [-0.4, -0.2) is 25.6 Å². The molecule has 8 nitrogen and oxygen atoms in total. The molecular formula is C23H17F2N5O3. The number of amides is 1. The lowest BCUT2D eigenvalue weighted by atomic mass is 10.2. The number of imidazole rings is 1. The maximum Gasteiger partial charge on any atom is 0.320 e. The molecule has 5 rings (SSSR count). The molecule has 33 heavy (non-hydrogen) atoms. The molecule has 1 amide bonds. The molecule has 0 unspecified atom stereocenters. The summed E-state index contributed by atoms with van der Waals surface area (Å²) in [7, 11) is 0. The fourth-order valence-corrected chi connectivity index (χ4v) is 3.45. The number of anilines is 1. The SMILES string of the molecule is O=C(CCc1nc(-c2ccco2)no1)Nc1ccc(-c2nc3ccccc3n2C(F)F)cc1. The topological polar surface area (TPSA) is 99.0 Å². The van der Waals surface area contributed by atoms with Crippen LogP contribution in [0.2, 0.25) is 0 Å². The average Bonchev–Trinajstić information content (AvgIpc) is 3.57. The molecule has 0 aliphatic heterocycles. The second-order valence-electron chi connectivity index (χ2n) is 7.19. The van der Waals surface area contributed by atoms with Crippen LogP contribution < -0.4 is 5.32 Å². The number of alkyl halides is 2. The number of benzene rings is 2. The van der Waals surface area contributed by atoms with Crippen LogP contribution in [0.3, 0.4) is 0 Å². The van der Waals surface area contributed by atoms with Gasteiger partial charge in [-0.25, -0.2) is 4.98 Å². The highest BCUT2D eigenvalue weighted by Crippen LogP contribution is 2.30. The molecule has 5 aromatic rings. The molecule has 0 fully saturated rings. The first-order valence-electron chi connectivity index (χ1n) is 10.1. The van der Waals surface area contributed by atoms with E-state index in [9.17, 15) is 13.6 Å². The molecule has 0 aliphatic carbocycles. The number of halogens is 2. The monoisotopic (exact) mass is 449 g/mol. The first-order chi connectivity index (χ1) is 16.1. The number of nitrogens with zero attached hydrogens (tertiary/aromatic N) is 4. The number of carbonyl (C=O) groups excluding carboxylic acids is 1. The number of hydrogen-bond acceptors (Lipinski definition) is 6. The fourth-order valence-electron chi connectivity index (χ4n) is 3.45. The lowest BCUT2D eigenvalue weighted by Crippen LogP contribution is -2.12. The van der Waals surface area contributed by atoms with Crippen molar-refractivity contribution in [3.05, 3.63) is 72.8 Å².